The van der Waals surface area contributed by atoms with Crippen molar-refractivity contribution in [3.63, 3.8) is 0 Å². The van der Waals surface area contributed by atoms with E-state index in [0.717, 1.165) is 0 Å². The third kappa shape index (κ3) is 4.01. The Labute approximate surface area is 153 Å². The number of amides is 1. The Kier molecular flexibility index (Phi) is 5.27. The first kappa shape index (κ1) is 18.3. The van der Waals surface area contributed by atoms with Crippen molar-refractivity contribution in [3.05, 3.63) is 68.3 Å². The molecule has 1 fully saturated rings. The quantitative estimate of drug-likeness (QED) is 0.631. The number of carbonyl (C=O) groups is 1. The van der Waals surface area contributed by atoms with E-state index in [1.54, 1.807) is 6.07 Å². The molecule has 1 heterocycles. The van der Waals surface area contributed by atoms with Gasteiger partial charge in [0.2, 0.25) is 0 Å². The number of hydrogen-bond donors (Lipinski definition) is 1. The van der Waals surface area contributed by atoms with Gasteiger partial charge in [-0.1, -0.05) is 12.1 Å². The van der Waals surface area contributed by atoms with E-state index in [1.807, 2.05) is 4.90 Å². The molecule has 1 N–H and O–H groups in total. The summed E-state index contributed by atoms with van der Waals surface area (Å²) in [4.78, 5) is 35.8. The molecule has 10 nitrogen and oxygen atoms in total. The third-order valence-corrected chi connectivity index (χ3v) is 4.14. The summed E-state index contributed by atoms with van der Waals surface area (Å²) in [6.45, 7) is 2.01. The normalized spacial score (nSPS) is 13.9. The Bertz CT molecular complexity index is 895. The Morgan fingerprint density at radius 1 is 1.04 bits per heavy atom. The van der Waals surface area contributed by atoms with E-state index >= 15 is 0 Å². The minimum absolute atomic E-state index is 0.0203. The van der Waals surface area contributed by atoms with Crippen LogP contribution in [0.3, 0.4) is 0 Å². The number of morpholine rings is 1. The van der Waals surface area contributed by atoms with E-state index in [9.17, 15) is 25.0 Å². The number of anilines is 2. The Morgan fingerprint density at radius 2 is 1.74 bits per heavy atom. The fraction of sp³-hybridized carbons (Fsp3) is 0.235. The Hall–Kier alpha value is -3.53. The van der Waals surface area contributed by atoms with Crippen LogP contribution in [0, 0.1) is 20.2 Å². The zero-order valence-corrected chi connectivity index (χ0v) is 14.2. The Morgan fingerprint density at radius 3 is 2.41 bits per heavy atom. The van der Waals surface area contributed by atoms with Crippen LogP contribution in [0.15, 0.2) is 42.5 Å². The van der Waals surface area contributed by atoms with Gasteiger partial charge in [-0.2, -0.15) is 0 Å². The number of nitro benzene ring substituents is 2. The molecule has 0 unspecified atom stereocenters. The van der Waals surface area contributed by atoms with Crippen molar-refractivity contribution in [1.82, 2.24) is 0 Å². The largest absolute Gasteiger partial charge is 0.378 e. The van der Waals surface area contributed by atoms with Gasteiger partial charge in [-0.15, -0.1) is 0 Å². The summed E-state index contributed by atoms with van der Waals surface area (Å²) in [5.41, 5.74) is 0.111. The summed E-state index contributed by atoms with van der Waals surface area (Å²) in [5, 5.41) is 24.7. The lowest BCUT2D eigenvalue weighted by Crippen LogP contribution is -2.37. The first-order valence-electron chi connectivity index (χ1n) is 8.13. The van der Waals surface area contributed by atoms with E-state index in [4.69, 9.17) is 4.74 Å². The minimum atomic E-state index is -0.658. The van der Waals surface area contributed by atoms with Crippen molar-refractivity contribution in [1.29, 1.82) is 0 Å². The lowest BCUT2D eigenvalue weighted by atomic mass is 10.1. The smallest absolute Gasteiger partial charge is 0.292 e. The number of carbonyl (C=O) groups excluding carboxylic acids is 1. The van der Waals surface area contributed by atoms with Crippen molar-refractivity contribution in [2.24, 2.45) is 0 Å². The lowest BCUT2D eigenvalue weighted by Gasteiger charge is -2.30. The van der Waals surface area contributed by atoms with Crippen LogP contribution in [-0.4, -0.2) is 42.1 Å². The fourth-order valence-electron chi connectivity index (χ4n) is 2.83. The Balaban J connectivity index is 1.98. The van der Waals surface area contributed by atoms with Crippen LogP contribution in [0.2, 0.25) is 0 Å². The molecule has 10 heteroatoms. The summed E-state index contributed by atoms with van der Waals surface area (Å²) in [6, 6.07) is 9.73. The topological polar surface area (TPSA) is 128 Å². The standard InChI is InChI=1S/C17H16N4O6/c22-17(18-14-3-1-2-4-16(14)21(25)26)13-11-12(20(23)24)5-6-15(13)19-7-9-27-10-8-19/h1-6,11H,7-10H2,(H,18,22). The predicted octanol–water partition coefficient (Wildman–Crippen LogP) is 2.59. The van der Waals surface area contributed by atoms with Gasteiger partial charge in [-0.3, -0.25) is 25.0 Å². The van der Waals surface area contributed by atoms with Gasteiger partial charge in [-0.25, -0.2) is 0 Å². The highest BCUT2D eigenvalue weighted by molar-refractivity contribution is 6.09. The zero-order chi connectivity index (χ0) is 19.4. The van der Waals surface area contributed by atoms with Gasteiger partial charge in [-0.05, 0) is 12.1 Å². The lowest BCUT2D eigenvalue weighted by molar-refractivity contribution is -0.384. The van der Waals surface area contributed by atoms with Crippen LogP contribution >= 0.6 is 0 Å². The highest BCUT2D eigenvalue weighted by Gasteiger charge is 2.24. The highest BCUT2D eigenvalue weighted by atomic mass is 16.6. The van der Waals surface area contributed by atoms with Crippen LogP contribution in [-0.2, 0) is 4.74 Å². The molecule has 0 bridgehead atoms. The second-order valence-electron chi connectivity index (χ2n) is 5.79. The number of nitrogens with one attached hydrogen (secondary N) is 1. The summed E-state index contributed by atoms with van der Waals surface area (Å²) >= 11 is 0. The molecule has 1 saturated heterocycles. The van der Waals surface area contributed by atoms with Gasteiger partial charge in [0.25, 0.3) is 17.3 Å². The summed E-state index contributed by atoms with van der Waals surface area (Å²) < 4.78 is 5.30. The third-order valence-electron chi connectivity index (χ3n) is 4.14. The first-order valence-corrected chi connectivity index (χ1v) is 8.13. The molecule has 0 aliphatic carbocycles. The van der Waals surface area contributed by atoms with Crippen LogP contribution in [0.25, 0.3) is 0 Å². The van der Waals surface area contributed by atoms with Crippen LogP contribution in [0.4, 0.5) is 22.7 Å². The second-order valence-corrected chi connectivity index (χ2v) is 5.79. The average molecular weight is 372 g/mol. The van der Waals surface area contributed by atoms with Crippen molar-refractivity contribution >= 4 is 28.7 Å². The number of nitrogens with zero attached hydrogens (tertiary/aromatic N) is 3. The van der Waals surface area contributed by atoms with E-state index in [2.05, 4.69) is 5.32 Å². The number of para-hydroxylation sites is 2. The first-order chi connectivity index (χ1) is 13.0. The van der Waals surface area contributed by atoms with E-state index in [-0.39, 0.29) is 22.6 Å². The molecule has 1 amide bonds. The molecule has 1 aliphatic heterocycles. The number of benzene rings is 2. The average Bonchev–Trinajstić information content (AvgIpc) is 2.68. The van der Waals surface area contributed by atoms with Gasteiger partial charge in [0, 0.05) is 31.3 Å². The van der Waals surface area contributed by atoms with Gasteiger partial charge in [0.15, 0.2) is 0 Å². The number of hydrogen-bond acceptors (Lipinski definition) is 7. The molecule has 0 radical (unpaired) electrons. The molecule has 140 valence electrons. The van der Waals surface area contributed by atoms with E-state index in [0.29, 0.717) is 32.0 Å². The SMILES string of the molecule is O=C(Nc1ccccc1[N+](=O)[O-])c1cc([N+](=O)[O-])ccc1N1CCOCC1. The zero-order valence-electron chi connectivity index (χ0n) is 14.2. The number of nitro groups is 2. The maximum absolute atomic E-state index is 12.8. The molecular weight excluding hydrogens is 356 g/mol. The highest BCUT2D eigenvalue weighted by Crippen LogP contribution is 2.29. The van der Waals surface area contributed by atoms with Gasteiger partial charge < -0.3 is 15.0 Å². The molecule has 3 rings (SSSR count). The summed E-state index contributed by atoms with van der Waals surface area (Å²) in [7, 11) is 0. The number of rotatable bonds is 5. The van der Waals surface area contributed by atoms with E-state index in [1.165, 1.54) is 36.4 Å². The molecule has 0 aromatic heterocycles. The molecule has 2 aromatic carbocycles. The second kappa shape index (κ2) is 7.79. The van der Waals surface area contributed by atoms with Crippen molar-refractivity contribution in [2.45, 2.75) is 0 Å². The van der Waals surface area contributed by atoms with Crippen molar-refractivity contribution in [2.75, 3.05) is 36.5 Å². The van der Waals surface area contributed by atoms with E-state index < -0.39 is 15.8 Å². The molecule has 1 aliphatic rings. The predicted molar refractivity (Wildman–Crippen MR) is 97.2 cm³/mol. The van der Waals surface area contributed by atoms with Crippen LogP contribution in [0.5, 0.6) is 0 Å². The molecule has 0 saturated carbocycles. The van der Waals surface area contributed by atoms with Crippen molar-refractivity contribution < 1.29 is 19.4 Å². The van der Waals surface area contributed by atoms with Crippen LogP contribution < -0.4 is 10.2 Å². The maximum Gasteiger partial charge on any atom is 0.292 e. The summed E-state index contributed by atoms with van der Waals surface area (Å²) in [6.07, 6.45) is 0. The molecular formula is C17H16N4O6. The monoisotopic (exact) mass is 372 g/mol. The molecule has 0 atom stereocenters. The van der Waals surface area contributed by atoms with Gasteiger partial charge in [0.05, 0.1) is 34.3 Å². The summed E-state index contributed by atoms with van der Waals surface area (Å²) in [5.74, 6) is -0.658. The van der Waals surface area contributed by atoms with Gasteiger partial charge >= 0.3 is 0 Å². The number of ether oxygens (including phenoxy) is 1. The molecule has 27 heavy (non-hydrogen) atoms. The number of non-ortho nitro benzene ring substituents is 1. The van der Waals surface area contributed by atoms with Gasteiger partial charge in [0.1, 0.15) is 5.69 Å². The van der Waals surface area contributed by atoms with Crippen LogP contribution in [0.1, 0.15) is 10.4 Å². The molecule has 0 spiro atoms. The minimum Gasteiger partial charge on any atom is -0.378 e. The van der Waals surface area contributed by atoms with Crippen molar-refractivity contribution in [3.8, 4) is 0 Å². The molecule has 2 aromatic rings. The fourth-order valence-corrected chi connectivity index (χ4v) is 2.83. The maximum atomic E-state index is 12.8.